The van der Waals surface area contributed by atoms with Gasteiger partial charge < -0.3 is 15.5 Å². The quantitative estimate of drug-likeness (QED) is 0.800. The van der Waals surface area contributed by atoms with Crippen LogP contribution in [0.2, 0.25) is 0 Å². The van der Waals surface area contributed by atoms with Crippen LogP contribution in [-0.4, -0.2) is 29.9 Å². The molecule has 1 aliphatic heterocycles. The summed E-state index contributed by atoms with van der Waals surface area (Å²) in [5, 5.41) is 6.04. The van der Waals surface area contributed by atoms with E-state index in [-0.39, 0.29) is 11.9 Å². The first kappa shape index (κ1) is 20.9. The number of benzene rings is 2. The van der Waals surface area contributed by atoms with Crippen molar-refractivity contribution in [3.63, 3.8) is 0 Å². The number of nitrogens with one attached hydrogen (secondary N) is 2. The number of urea groups is 1. The summed E-state index contributed by atoms with van der Waals surface area (Å²) < 4.78 is 0. The Morgan fingerprint density at radius 3 is 2.31 bits per heavy atom. The van der Waals surface area contributed by atoms with Gasteiger partial charge >= 0.3 is 6.03 Å². The van der Waals surface area contributed by atoms with Crippen molar-refractivity contribution in [3.05, 3.63) is 64.7 Å². The maximum Gasteiger partial charge on any atom is 0.321 e. The van der Waals surface area contributed by atoms with E-state index in [1.165, 1.54) is 5.56 Å². The predicted octanol–water partition coefficient (Wildman–Crippen LogP) is 4.56. The monoisotopic (exact) mass is 393 g/mol. The average molecular weight is 394 g/mol. The Morgan fingerprint density at radius 2 is 1.66 bits per heavy atom. The number of piperidine rings is 1. The third kappa shape index (κ3) is 5.37. The number of amides is 3. The van der Waals surface area contributed by atoms with Crippen LogP contribution in [0.4, 0.5) is 10.5 Å². The molecule has 1 atom stereocenters. The van der Waals surface area contributed by atoms with Crippen LogP contribution in [0.25, 0.3) is 0 Å². The van der Waals surface area contributed by atoms with Gasteiger partial charge in [-0.05, 0) is 69.4 Å². The van der Waals surface area contributed by atoms with Gasteiger partial charge in [-0.2, -0.15) is 0 Å². The maximum absolute atomic E-state index is 12.9. The van der Waals surface area contributed by atoms with Gasteiger partial charge in [0.25, 0.3) is 0 Å². The molecule has 2 aromatic rings. The summed E-state index contributed by atoms with van der Waals surface area (Å²) in [5.41, 5.74) is 4.71. The van der Waals surface area contributed by atoms with E-state index >= 15 is 0 Å². The SMILES string of the molecule is Cc1ccc(CNC(=O)[C@]2(C)CCCN(C(=O)Nc3cc(C)cc(C)c3)C2)cc1. The molecule has 2 aromatic carbocycles. The number of anilines is 1. The zero-order valence-electron chi connectivity index (χ0n) is 17.8. The van der Waals surface area contributed by atoms with Gasteiger partial charge in [0.15, 0.2) is 0 Å². The van der Waals surface area contributed by atoms with Crippen molar-refractivity contribution in [1.29, 1.82) is 0 Å². The number of aryl methyl sites for hydroxylation is 3. The normalized spacial score (nSPS) is 19.0. The van der Waals surface area contributed by atoms with Crippen molar-refractivity contribution in [1.82, 2.24) is 10.2 Å². The second-order valence-corrected chi connectivity index (χ2v) is 8.56. The molecule has 0 aliphatic carbocycles. The lowest BCUT2D eigenvalue weighted by molar-refractivity contribution is -0.132. The van der Waals surface area contributed by atoms with Crippen LogP contribution >= 0.6 is 0 Å². The van der Waals surface area contributed by atoms with Crippen molar-refractivity contribution < 1.29 is 9.59 Å². The third-order valence-electron chi connectivity index (χ3n) is 5.58. The van der Waals surface area contributed by atoms with E-state index in [0.29, 0.717) is 19.6 Å². The molecule has 2 N–H and O–H groups in total. The molecule has 0 unspecified atom stereocenters. The standard InChI is InChI=1S/C24H31N3O2/c1-17-6-8-20(9-7-17)15-25-22(28)24(4)10-5-11-27(16-24)23(29)26-21-13-18(2)12-19(3)14-21/h6-9,12-14H,5,10-11,15-16H2,1-4H3,(H,25,28)(H,26,29)/t24-/m1/s1. The minimum Gasteiger partial charge on any atom is -0.351 e. The number of nitrogens with zero attached hydrogens (tertiary/aromatic N) is 1. The first-order valence-corrected chi connectivity index (χ1v) is 10.2. The smallest absolute Gasteiger partial charge is 0.321 e. The molecule has 1 heterocycles. The van der Waals surface area contributed by atoms with Crippen LogP contribution in [0.15, 0.2) is 42.5 Å². The van der Waals surface area contributed by atoms with Crippen molar-refractivity contribution in [2.24, 2.45) is 5.41 Å². The van der Waals surface area contributed by atoms with Crippen LogP contribution in [-0.2, 0) is 11.3 Å². The Morgan fingerprint density at radius 1 is 1.00 bits per heavy atom. The van der Waals surface area contributed by atoms with E-state index in [0.717, 1.165) is 35.2 Å². The highest BCUT2D eigenvalue weighted by molar-refractivity contribution is 5.90. The molecule has 0 bridgehead atoms. The van der Waals surface area contributed by atoms with Crippen LogP contribution in [0, 0.1) is 26.2 Å². The lowest BCUT2D eigenvalue weighted by atomic mass is 9.81. The number of carbonyl (C=O) groups excluding carboxylic acids is 2. The molecule has 1 fully saturated rings. The fourth-order valence-electron chi connectivity index (χ4n) is 3.95. The molecule has 0 spiro atoms. The van der Waals surface area contributed by atoms with Gasteiger partial charge in [-0.15, -0.1) is 0 Å². The minimum atomic E-state index is -0.581. The summed E-state index contributed by atoms with van der Waals surface area (Å²) >= 11 is 0. The summed E-state index contributed by atoms with van der Waals surface area (Å²) in [4.78, 5) is 27.5. The summed E-state index contributed by atoms with van der Waals surface area (Å²) in [7, 11) is 0. The van der Waals surface area contributed by atoms with E-state index in [1.54, 1.807) is 4.90 Å². The predicted molar refractivity (Wildman–Crippen MR) is 117 cm³/mol. The highest BCUT2D eigenvalue weighted by atomic mass is 16.2. The lowest BCUT2D eigenvalue weighted by Crippen LogP contribution is -2.52. The zero-order chi connectivity index (χ0) is 21.0. The van der Waals surface area contributed by atoms with E-state index in [1.807, 2.05) is 64.1 Å². The van der Waals surface area contributed by atoms with Gasteiger partial charge in [-0.3, -0.25) is 4.79 Å². The molecule has 0 radical (unpaired) electrons. The molecule has 154 valence electrons. The average Bonchev–Trinajstić information content (AvgIpc) is 2.66. The minimum absolute atomic E-state index is 0.00183. The van der Waals surface area contributed by atoms with Crippen molar-refractivity contribution in [2.45, 2.75) is 47.1 Å². The first-order chi connectivity index (χ1) is 13.7. The molecule has 0 saturated carbocycles. The lowest BCUT2D eigenvalue weighted by Gasteiger charge is -2.39. The van der Waals surface area contributed by atoms with Crippen molar-refractivity contribution >= 4 is 17.6 Å². The maximum atomic E-state index is 12.9. The number of hydrogen-bond acceptors (Lipinski definition) is 2. The molecule has 3 amide bonds. The largest absolute Gasteiger partial charge is 0.351 e. The number of hydrogen-bond donors (Lipinski definition) is 2. The third-order valence-corrected chi connectivity index (χ3v) is 5.58. The van der Waals surface area contributed by atoms with Gasteiger partial charge in [0.05, 0.1) is 5.41 Å². The van der Waals surface area contributed by atoms with Crippen LogP contribution in [0.5, 0.6) is 0 Å². The summed E-state index contributed by atoms with van der Waals surface area (Å²) in [6.45, 7) is 9.61. The molecule has 0 aromatic heterocycles. The molecular weight excluding hydrogens is 362 g/mol. The first-order valence-electron chi connectivity index (χ1n) is 10.2. The van der Waals surface area contributed by atoms with E-state index < -0.39 is 5.41 Å². The van der Waals surface area contributed by atoms with E-state index in [2.05, 4.69) is 16.7 Å². The highest BCUT2D eigenvalue weighted by Gasteiger charge is 2.39. The van der Waals surface area contributed by atoms with Gasteiger partial charge in [0.2, 0.25) is 5.91 Å². The Labute approximate surface area is 173 Å². The summed E-state index contributed by atoms with van der Waals surface area (Å²) in [6.07, 6.45) is 1.59. The Balaban J connectivity index is 1.60. The summed E-state index contributed by atoms with van der Waals surface area (Å²) in [6, 6.07) is 14.0. The van der Waals surface area contributed by atoms with E-state index in [4.69, 9.17) is 0 Å². The second kappa shape index (κ2) is 8.68. The highest BCUT2D eigenvalue weighted by Crippen LogP contribution is 2.30. The van der Waals surface area contributed by atoms with E-state index in [9.17, 15) is 9.59 Å². The molecule has 3 rings (SSSR count). The Kier molecular flexibility index (Phi) is 6.26. The molecule has 5 heteroatoms. The van der Waals surface area contributed by atoms with Gasteiger partial charge in [0.1, 0.15) is 0 Å². The molecule has 29 heavy (non-hydrogen) atoms. The molecular formula is C24H31N3O2. The van der Waals surface area contributed by atoms with Gasteiger partial charge in [-0.25, -0.2) is 4.79 Å². The number of rotatable bonds is 4. The Bertz CT molecular complexity index is 871. The number of likely N-dealkylation sites (tertiary alicyclic amines) is 1. The molecule has 5 nitrogen and oxygen atoms in total. The van der Waals surface area contributed by atoms with Gasteiger partial charge in [-0.1, -0.05) is 35.9 Å². The zero-order valence-corrected chi connectivity index (χ0v) is 17.8. The number of carbonyl (C=O) groups is 2. The van der Waals surface area contributed by atoms with Crippen LogP contribution in [0.1, 0.15) is 42.0 Å². The molecule has 1 aliphatic rings. The fraction of sp³-hybridized carbons (Fsp3) is 0.417. The topological polar surface area (TPSA) is 61.4 Å². The fourth-order valence-corrected chi connectivity index (χ4v) is 3.95. The van der Waals surface area contributed by atoms with Crippen LogP contribution < -0.4 is 10.6 Å². The molecule has 1 saturated heterocycles. The van der Waals surface area contributed by atoms with Crippen molar-refractivity contribution in [3.8, 4) is 0 Å². The summed E-state index contributed by atoms with van der Waals surface area (Å²) in [5.74, 6) is 0.00183. The second-order valence-electron chi connectivity index (χ2n) is 8.56. The van der Waals surface area contributed by atoms with Gasteiger partial charge in [0, 0.05) is 25.3 Å². The van der Waals surface area contributed by atoms with Crippen LogP contribution in [0.3, 0.4) is 0 Å². The van der Waals surface area contributed by atoms with Crippen molar-refractivity contribution in [2.75, 3.05) is 18.4 Å². The Hall–Kier alpha value is -2.82.